The normalized spacial score (nSPS) is 10.6. The number of halogens is 2. The zero-order valence-electron chi connectivity index (χ0n) is 8.13. The first-order chi connectivity index (χ1) is 7.22. The Bertz CT molecular complexity index is 481. The van der Waals surface area contributed by atoms with E-state index < -0.39 is 0 Å². The van der Waals surface area contributed by atoms with Crippen LogP contribution in [0.25, 0.3) is 11.3 Å². The zero-order valence-corrected chi connectivity index (χ0v) is 8.88. The van der Waals surface area contributed by atoms with E-state index in [-0.39, 0.29) is 11.7 Å². The van der Waals surface area contributed by atoms with Crippen molar-refractivity contribution in [2.45, 2.75) is 12.8 Å². The number of rotatable bonds is 2. The van der Waals surface area contributed by atoms with Crippen molar-refractivity contribution in [3.8, 4) is 11.3 Å². The zero-order chi connectivity index (χ0) is 10.8. The fraction of sp³-hybridized carbons (Fsp3) is 0.182. The van der Waals surface area contributed by atoms with Crippen LogP contribution in [0.4, 0.5) is 4.39 Å². The molecule has 0 amide bonds. The Morgan fingerprint density at radius 3 is 3.00 bits per heavy atom. The monoisotopic (exact) mass is 225 g/mol. The number of aromatic nitrogens is 1. The van der Waals surface area contributed by atoms with Crippen LogP contribution in [0.5, 0.6) is 0 Å². The molecule has 0 aliphatic heterocycles. The van der Waals surface area contributed by atoms with Gasteiger partial charge in [-0.3, -0.25) is 0 Å². The lowest BCUT2D eigenvalue weighted by molar-refractivity contribution is 0.569. The molecule has 78 valence electrons. The number of hydrogen-bond acceptors (Lipinski definition) is 2. The van der Waals surface area contributed by atoms with Gasteiger partial charge in [0.25, 0.3) is 0 Å². The SMILES string of the molecule is Cc1ccc(F)cc1-c1ocnc1CCl. The Labute approximate surface area is 91.7 Å². The van der Waals surface area contributed by atoms with Crippen LogP contribution in [0, 0.1) is 12.7 Å². The highest BCUT2D eigenvalue weighted by molar-refractivity contribution is 6.17. The largest absolute Gasteiger partial charge is 0.443 e. The molecule has 15 heavy (non-hydrogen) atoms. The highest BCUT2D eigenvalue weighted by atomic mass is 35.5. The van der Waals surface area contributed by atoms with E-state index in [1.165, 1.54) is 18.5 Å². The van der Waals surface area contributed by atoms with Crippen LogP contribution in [-0.4, -0.2) is 4.98 Å². The molecule has 0 atom stereocenters. The quantitative estimate of drug-likeness (QED) is 0.731. The van der Waals surface area contributed by atoms with Gasteiger partial charge in [-0.2, -0.15) is 0 Å². The standard InChI is InChI=1S/C11H9ClFNO/c1-7-2-3-8(13)4-9(7)11-10(5-12)14-6-15-11/h2-4,6H,5H2,1H3. The molecule has 2 aromatic rings. The van der Waals surface area contributed by atoms with E-state index in [4.69, 9.17) is 16.0 Å². The van der Waals surface area contributed by atoms with Gasteiger partial charge in [0.1, 0.15) is 11.5 Å². The topological polar surface area (TPSA) is 26.0 Å². The number of nitrogens with zero attached hydrogens (tertiary/aromatic N) is 1. The first-order valence-electron chi connectivity index (χ1n) is 4.47. The summed E-state index contributed by atoms with van der Waals surface area (Å²) in [6.45, 7) is 1.88. The van der Waals surface area contributed by atoms with E-state index in [2.05, 4.69) is 4.98 Å². The fourth-order valence-electron chi connectivity index (χ4n) is 1.42. The fourth-order valence-corrected chi connectivity index (χ4v) is 1.61. The minimum Gasteiger partial charge on any atom is -0.443 e. The van der Waals surface area contributed by atoms with Gasteiger partial charge in [-0.15, -0.1) is 11.6 Å². The third kappa shape index (κ3) is 1.88. The van der Waals surface area contributed by atoms with Gasteiger partial charge in [-0.25, -0.2) is 9.37 Å². The first kappa shape index (κ1) is 10.2. The van der Waals surface area contributed by atoms with Crippen molar-refractivity contribution >= 4 is 11.6 Å². The van der Waals surface area contributed by atoms with Crippen LogP contribution in [-0.2, 0) is 5.88 Å². The van der Waals surface area contributed by atoms with E-state index in [1.807, 2.05) is 6.92 Å². The molecule has 4 heteroatoms. The van der Waals surface area contributed by atoms with Gasteiger partial charge < -0.3 is 4.42 Å². The molecule has 1 aromatic heterocycles. The summed E-state index contributed by atoms with van der Waals surface area (Å²) in [6, 6.07) is 4.53. The third-order valence-electron chi connectivity index (χ3n) is 2.21. The maximum Gasteiger partial charge on any atom is 0.181 e. The minimum atomic E-state index is -0.299. The van der Waals surface area contributed by atoms with Crippen molar-refractivity contribution in [1.82, 2.24) is 4.98 Å². The van der Waals surface area contributed by atoms with E-state index in [1.54, 1.807) is 6.07 Å². The molecule has 0 aliphatic rings. The summed E-state index contributed by atoms with van der Waals surface area (Å²) >= 11 is 5.70. The summed E-state index contributed by atoms with van der Waals surface area (Å²) in [5.74, 6) is 0.497. The second-order valence-electron chi connectivity index (χ2n) is 3.22. The van der Waals surface area contributed by atoms with E-state index in [9.17, 15) is 4.39 Å². The molecule has 0 fully saturated rings. The number of benzene rings is 1. The van der Waals surface area contributed by atoms with Crippen LogP contribution in [0.2, 0.25) is 0 Å². The summed E-state index contributed by atoms with van der Waals surface area (Å²) in [6.07, 6.45) is 1.32. The molecule has 0 saturated heterocycles. The van der Waals surface area contributed by atoms with E-state index >= 15 is 0 Å². The molecule has 0 bridgehead atoms. The summed E-state index contributed by atoms with van der Waals surface area (Å²) in [4.78, 5) is 3.96. The Hall–Kier alpha value is -1.35. The molecular weight excluding hydrogens is 217 g/mol. The van der Waals surface area contributed by atoms with Crippen LogP contribution in [0.3, 0.4) is 0 Å². The maximum absolute atomic E-state index is 13.1. The second kappa shape index (κ2) is 4.03. The average Bonchev–Trinajstić information content (AvgIpc) is 2.69. The molecule has 0 radical (unpaired) electrons. The molecule has 0 N–H and O–H groups in total. The van der Waals surface area contributed by atoms with Gasteiger partial charge in [0.15, 0.2) is 12.2 Å². The van der Waals surface area contributed by atoms with Crippen molar-refractivity contribution in [3.63, 3.8) is 0 Å². The van der Waals surface area contributed by atoms with Gasteiger partial charge in [-0.05, 0) is 24.6 Å². The molecule has 0 aliphatic carbocycles. The number of aryl methyl sites for hydroxylation is 1. The van der Waals surface area contributed by atoms with Crippen LogP contribution < -0.4 is 0 Å². The second-order valence-corrected chi connectivity index (χ2v) is 3.49. The van der Waals surface area contributed by atoms with Gasteiger partial charge >= 0.3 is 0 Å². The lowest BCUT2D eigenvalue weighted by Gasteiger charge is -2.03. The molecular formula is C11H9ClFNO. The first-order valence-corrected chi connectivity index (χ1v) is 5.00. The van der Waals surface area contributed by atoms with Gasteiger partial charge in [0.05, 0.1) is 5.88 Å². The molecule has 2 nitrogen and oxygen atoms in total. The van der Waals surface area contributed by atoms with Crippen molar-refractivity contribution in [2.24, 2.45) is 0 Å². The molecule has 0 saturated carbocycles. The van der Waals surface area contributed by atoms with Crippen molar-refractivity contribution in [1.29, 1.82) is 0 Å². The van der Waals surface area contributed by atoms with Gasteiger partial charge in [0, 0.05) is 5.56 Å². The lowest BCUT2D eigenvalue weighted by atomic mass is 10.1. The minimum absolute atomic E-state index is 0.252. The van der Waals surface area contributed by atoms with Crippen LogP contribution in [0.1, 0.15) is 11.3 Å². The Morgan fingerprint density at radius 2 is 2.27 bits per heavy atom. The smallest absolute Gasteiger partial charge is 0.181 e. The summed E-state index contributed by atoms with van der Waals surface area (Å²) < 4.78 is 18.3. The molecule has 1 aromatic carbocycles. The Kier molecular flexibility index (Phi) is 2.73. The van der Waals surface area contributed by atoms with Crippen molar-refractivity contribution < 1.29 is 8.81 Å². The average molecular weight is 226 g/mol. The van der Waals surface area contributed by atoms with E-state index in [0.717, 1.165) is 5.56 Å². The summed E-state index contributed by atoms with van der Waals surface area (Å²) in [7, 11) is 0. The predicted octanol–water partition coefficient (Wildman–Crippen LogP) is 3.53. The maximum atomic E-state index is 13.1. The number of alkyl halides is 1. The van der Waals surface area contributed by atoms with Crippen molar-refractivity contribution in [3.05, 3.63) is 41.7 Å². The van der Waals surface area contributed by atoms with Gasteiger partial charge in [0.2, 0.25) is 0 Å². The molecule has 0 unspecified atom stereocenters. The van der Waals surface area contributed by atoms with E-state index in [0.29, 0.717) is 17.0 Å². The molecule has 0 spiro atoms. The third-order valence-corrected chi connectivity index (χ3v) is 2.47. The molecule has 1 heterocycles. The van der Waals surface area contributed by atoms with Gasteiger partial charge in [-0.1, -0.05) is 6.07 Å². The van der Waals surface area contributed by atoms with Crippen LogP contribution in [0.15, 0.2) is 29.0 Å². The predicted molar refractivity (Wildman–Crippen MR) is 56.2 cm³/mol. The number of hydrogen-bond donors (Lipinski definition) is 0. The Morgan fingerprint density at radius 1 is 1.47 bits per heavy atom. The lowest BCUT2D eigenvalue weighted by Crippen LogP contribution is -1.88. The number of oxazole rings is 1. The highest BCUT2D eigenvalue weighted by Gasteiger charge is 2.12. The summed E-state index contributed by atoms with van der Waals surface area (Å²) in [5.41, 5.74) is 2.26. The van der Waals surface area contributed by atoms with Crippen LogP contribution >= 0.6 is 11.6 Å². The molecule has 2 rings (SSSR count). The van der Waals surface area contributed by atoms with Crippen molar-refractivity contribution in [2.75, 3.05) is 0 Å². The Balaban J connectivity index is 2.58. The highest BCUT2D eigenvalue weighted by Crippen LogP contribution is 2.27. The summed E-state index contributed by atoms with van der Waals surface area (Å²) in [5, 5.41) is 0.